The van der Waals surface area contributed by atoms with Gasteiger partial charge in [0.15, 0.2) is 0 Å². The molecule has 0 aromatic heterocycles. The van der Waals surface area contributed by atoms with Gasteiger partial charge in [0.2, 0.25) is 0 Å². The number of alkyl halides is 2. The summed E-state index contributed by atoms with van der Waals surface area (Å²) in [5.74, 6) is -0.935. The molecule has 1 aromatic carbocycles. The van der Waals surface area contributed by atoms with Crippen LogP contribution in [0.4, 0.5) is 13.2 Å². The van der Waals surface area contributed by atoms with Crippen molar-refractivity contribution < 1.29 is 13.2 Å². The van der Waals surface area contributed by atoms with Crippen molar-refractivity contribution in [3.05, 3.63) is 47.8 Å². The predicted octanol–water partition coefficient (Wildman–Crippen LogP) is 2.95. The fourth-order valence-corrected chi connectivity index (χ4v) is 1.06. The van der Waals surface area contributed by atoms with Crippen LogP contribution in [0.1, 0.15) is 23.6 Å². The van der Waals surface area contributed by atoms with E-state index < -0.39 is 23.8 Å². The van der Waals surface area contributed by atoms with Crippen LogP contribution in [0.2, 0.25) is 0 Å². The molecule has 4 heteroatoms. The van der Waals surface area contributed by atoms with Crippen molar-refractivity contribution in [1.29, 1.82) is 0 Å². The normalized spacial score (nSPS) is 12.9. The molecule has 0 spiro atoms. The molecular formula is C10H10F3N. The maximum Gasteiger partial charge on any atom is 0.266 e. The minimum absolute atomic E-state index is 0.432. The smallest absolute Gasteiger partial charge is 0.266 e. The van der Waals surface area contributed by atoms with Crippen LogP contribution in [-0.2, 0) is 0 Å². The quantitative estimate of drug-likeness (QED) is 0.747. The Morgan fingerprint density at radius 3 is 2.43 bits per heavy atom. The van der Waals surface area contributed by atoms with Crippen molar-refractivity contribution in [3.63, 3.8) is 0 Å². The van der Waals surface area contributed by atoms with Gasteiger partial charge < -0.3 is 5.73 Å². The van der Waals surface area contributed by atoms with Crippen LogP contribution >= 0.6 is 0 Å². The number of hydrogen-bond acceptors (Lipinski definition) is 1. The lowest BCUT2D eigenvalue weighted by atomic mass is 10.1. The average molecular weight is 201 g/mol. The first-order valence-corrected chi connectivity index (χ1v) is 4.02. The Balaban J connectivity index is 3.06. The zero-order valence-corrected chi connectivity index (χ0v) is 7.38. The number of halogens is 3. The lowest BCUT2D eigenvalue weighted by Crippen LogP contribution is -2.07. The molecule has 0 amide bonds. The second kappa shape index (κ2) is 4.28. The minimum Gasteiger partial charge on any atom is -0.321 e. The summed E-state index contributed by atoms with van der Waals surface area (Å²) < 4.78 is 37.3. The molecule has 0 radical (unpaired) electrons. The van der Waals surface area contributed by atoms with E-state index >= 15 is 0 Å². The zero-order chi connectivity index (χ0) is 10.7. The summed E-state index contributed by atoms with van der Waals surface area (Å²) in [6, 6.07) is 2.89. The van der Waals surface area contributed by atoms with Crippen LogP contribution in [0.15, 0.2) is 30.9 Å². The van der Waals surface area contributed by atoms with E-state index in [-0.39, 0.29) is 0 Å². The molecule has 2 N–H and O–H groups in total. The lowest BCUT2D eigenvalue weighted by Gasteiger charge is -2.08. The molecule has 0 aliphatic rings. The average Bonchev–Trinajstić information content (AvgIpc) is 2.15. The summed E-state index contributed by atoms with van der Waals surface area (Å²) in [4.78, 5) is 0. The summed E-state index contributed by atoms with van der Waals surface area (Å²) in [6.07, 6.45) is -1.39. The van der Waals surface area contributed by atoms with E-state index in [1.807, 2.05) is 0 Å². The van der Waals surface area contributed by atoms with E-state index in [4.69, 9.17) is 5.73 Å². The van der Waals surface area contributed by atoms with Crippen molar-refractivity contribution in [2.45, 2.75) is 12.5 Å². The van der Waals surface area contributed by atoms with E-state index in [2.05, 4.69) is 6.58 Å². The second-order valence-corrected chi connectivity index (χ2v) is 2.84. The number of hydrogen-bond donors (Lipinski definition) is 1. The molecule has 14 heavy (non-hydrogen) atoms. The van der Waals surface area contributed by atoms with Crippen LogP contribution in [0, 0.1) is 5.82 Å². The highest BCUT2D eigenvalue weighted by atomic mass is 19.3. The molecule has 1 nitrogen and oxygen atoms in total. The molecule has 0 aliphatic carbocycles. The first-order chi connectivity index (χ1) is 6.56. The van der Waals surface area contributed by atoms with Gasteiger partial charge in [-0.1, -0.05) is 18.2 Å². The van der Waals surface area contributed by atoms with Gasteiger partial charge in [0.05, 0.1) is 5.56 Å². The maximum absolute atomic E-state index is 13.0. The van der Waals surface area contributed by atoms with Crippen molar-refractivity contribution in [2.75, 3.05) is 0 Å². The van der Waals surface area contributed by atoms with Crippen molar-refractivity contribution in [3.8, 4) is 0 Å². The number of benzene rings is 1. The van der Waals surface area contributed by atoms with Gasteiger partial charge in [-0.3, -0.25) is 0 Å². The molecule has 1 rings (SSSR count). The third-order valence-corrected chi connectivity index (χ3v) is 1.90. The molecule has 1 aromatic rings. The molecule has 0 aliphatic heterocycles. The SMILES string of the molecule is C=CC(N)c1ccc(C(F)F)c(F)c1. The standard InChI is InChI=1S/C10H10F3N/c1-2-9(14)6-3-4-7(10(12)13)8(11)5-6/h2-5,9-10H,1,14H2. The molecule has 76 valence electrons. The third-order valence-electron chi connectivity index (χ3n) is 1.90. The van der Waals surface area contributed by atoms with E-state index in [1.165, 1.54) is 12.1 Å². The van der Waals surface area contributed by atoms with E-state index in [1.54, 1.807) is 0 Å². The fraction of sp³-hybridized carbons (Fsp3) is 0.200. The Labute approximate surface area is 80.0 Å². The Morgan fingerprint density at radius 1 is 1.36 bits per heavy atom. The summed E-state index contributed by atoms with van der Waals surface area (Å²) in [5, 5.41) is 0. The largest absolute Gasteiger partial charge is 0.321 e. The fourth-order valence-electron chi connectivity index (χ4n) is 1.06. The van der Waals surface area contributed by atoms with Gasteiger partial charge >= 0.3 is 0 Å². The highest BCUT2D eigenvalue weighted by Crippen LogP contribution is 2.24. The van der Waals surface area contributed by atoms with Crippen LogP contribution < -0.4 is 5.73 Å². The molecule has 1 unspecified atom stereocenters. The van der Waals surface area contributed by atoms with E-state index in [9.17, 15) is 13.2 Å². The van der Waals surface area contributed by atoms with Gasteiger partial charge in [-0.25, -0.2) is 13.2 Å². The molecule has 0 heterocycles. The Hall–Kier alpha value is -1.29. The van der Waals surface area contributed by atoms with E-state index in [0.29, 0.717) is 5.56 Å². The monoisotopic (exact) mass is 201 g/mol. The molecule has 0 bridgehead atoms. The summed E-state index contributed by atoms with van der Waals surface area (Å²) in [5.41, 5.74) is 5.34. The molecule has 0 fully saturated rings. The van der Waals surface area contributed by atoms with Crippen LogP contribution in [-0.4, -0.2) is 0 Å². The van der Waals surface area contributed by atoms with Crippen LogP contribution in [0.5, 0.6) is 0 Å². The van der Waals surface area contributed by atoms with Gasteiger partial charge in [-0.05, 0) is 11.6 Å². The Morgan fingerprint density at radius 2 is 2.00 bits per heavy atom. The number of rotatable bonds is 3. The van der Waals surface area contributed by atoms with Gasteiger partial charge in [0, 0.05) is 6.04 Å². The third kappa shape index (κ3) is 2.14. The summed E-state index contributed by atoms with van der Waals surface area (Å²) in [6.45, 7) is 3.43. The van der Waals surface area contributed by atoms with Crippen LogP contribution in [0.3, 0.4) is 0 Å². The predicted molar refractivity (Wildman–Crippen MR) is 48.5 cm³/mol. The summed E-state index contributed by atoms with van der Waals surface area (Å²) in [7, 11) is 0. The maximum atomic E-state index is 13.0. The first-order valence-electron chi connectivity index (χ1n) is 4.02. The highest BCUT2D eigenvalue weighted by molar-refractivity contribution is 5.28. The Kier molecular flexibility index (Phi) is 3.30. The highest BCUT2D eigenvalue weighted by Gasteiger charge is 2.14. The Bertz CT molecular complexity index is 336. The molecule has 1 atom stereocenters. The molecule has 0 saturated carbocycles. The van der Waals surface area contributed by atoms with E-state index in [0.717, 1.165) is 12.1 Å². The van der Waals surface area contributed by atoms with Gasteiger partial charge in [0.25, 0.3) is 6.43 Å². The van der Waals surface area contributed by atoms with Crippen LogP contribution in [0.25, 0.3) is 0 Å². The van der Waals surface area contributed by atoms with Crippen molar-refractivity contribution >= 4 is 0 Å². The van der Waals surface area contributed by atoms with Crippen molar-refractivity contribution in [1.82, 2.24) is 0 Å². The summed E-state index contributed by atoms with van der Waals surface area (Å²) >= 11 is 0. The van der Waals surface area contributed by atoms with Gasteiger partial charge in [-0.2, -0.15) is 0 Å². The lowest BCUT2D eigenvalue weighted by molar-refractivity contribution is 0.146. The zero-order valence-electron chi connectivity index (χ0n) is 7.38. The second-order valence-electron chi connectivity index (χ2n) is 2.84. The minimum atomic E-state index is -2.80. The van der Waals surface area contributed by atoms with Gasteiger partial charge in [-0.15, -0.1) is 6.58 Å². The van der Waals surface area contributed by atoms with Gasteiger partial charge in [0.1, 0.15) is 5.82 Å². The van der Waals surface area contributed by atoms with Crippen molar-refractivity contribution in [2.24, 2.45) is 5.73 Å². The number of nitrogens with two attached hydrogens (primary N) is 1. The first kappa shape index (κ1) is 10.8. The molecular weight excluding hydrogens is 191 g/mol. The molecule has 0 saturated heterocycles. The topological polar surface area (TPSA) is 26.0 Å².